The highest BCUT2D eigenvalue weighted by Crippen LogP contribution is 2.40. The zero-order valence-corrected chi connectivity index (χ0v) is 17.3. The van der Waals surface area contributed by atoms with Crippen LogP contribution in [0.5, 0.6) is 0 Å². The molecule has 4 N–H and O–H groups in total. The Hall–Kier alpha value is -3.35. The molecule has 5 rings (SSSR count). The van der Waals surface area contributed by atoms with Crippen LogP contribution in [0.15, 0.2) is 66.9 Å². The van der Waals surface area contributed by atoms with Crippen LogP contribution in [0, 0.1) is 0 Å². The normalized spacial score (nSPS) is 14.9. The van der Waals surface area contributed by atoms with Crippen molar-refractivity contribution in [2.45, 2.75) is 24.8 Å². The summed E-state index contributed by atoms with van der Waals surface area (Å²) < 4.78 is 0. The first-order valence-electron chi connectivity index (χ1n) is 10.6. The predicted octanol–water partition coefficient (Wildman–Crippen LogP) is 4.10. The largest absolute Gasteiger partial charge is 0.395 e. The summed E-state index contributed by atoms with van der Waals surface area (Å²) in [7, 11) is 0. The molecule has 156 valence electrons. The number of fused-ring (bicyclic) bond motifs is 1. The van der Waals surface area contributed by atoms with Crippen LogP contribution in [-0.4, -0.2) is 33.2 Å². The van der Waals surface area contributed by atoms with Crippen LogP contribution in [0.2, 0.25) is 0 Å². The highest BCUT2D eigenvalue weighted by atomic mass is 16.3. The molecule has 2 aromatic heterocycles. The second kappa shape index (κ2) is 8.06. The number of nitrogens with one attached hydrogen (secondary N) is 1. The zero-order chi connectivity index (χ0) is 21.3. The van der Waals surface area contributed by atoms with Crippen molar-refractivity contribution < 1.29 is 5.11 Å². The number of aromatic nitrogens is 3. The van der Waals surface area contributed by atoms with E-state index in [0.29, 0.717) is 18.1 Å². The first-order valence-corrected chi connectivity index (χ1v) is 10.6. The lowest BCUT2D eigenvalue weighted by Crippen LogP contribution is -2.43. The Balaban J connectivity index is 1.63. The molecule has 6 heteroatoms. The molecule has 2 heterocycles. The fourth-order valence-corrected chi connectivity index (χ4v) is 4.08. The lowest BCUT2D eigenvalue weighted by Gasteiger charge is -2.38. The van der Waals surface area contributed by atoms with Gasteiger partial charge in [0.1, 0.15) is 0 Å². The highest BCUT2D eigenvalue weighted by Gasteiger charge is 2.34. The summed E-state index contributed by atoms with van der Waals surface area (Å²) in [6, 6.07) is 20.8. The van der Waals surface area contributed by atoms with Gasteiger partial charge in [-0.2, -0.15) is 4.98 Å². The standard InChI is InChI=1S/C25H25N5O/c26-25(11-4-12-25)20-9-7-18(8-10-20)22-21(17-5-2-1-3-6-17)15-19-16-28-24(27-13-14-31)30-23(19)29-22/h1-3,5-10,15-16,31H,4,11-14,26H2,(H,27,28,29,30). The predicted molar refractivity (Wildman–Crippen MR) is 123 cm³/mol. The maximum Gasteiger partial charge on any atom is 0.224 e. The summed E-state index contributed by atoms with van der Waals surface area (Å²) in [6.07, 6.45) is 5.03. The summed E-state index contributed by atoms with van der Waals surface area (Å²) in [5, 5.41) is 12.9. The summed E-state index contributed by atoms with van der Waals surface area (Å²) >= 11 is 0. The molecule has 6 nitrogen and oxygen atoms in total. The number of aliphatic hydroxyl groups is 1. The van der Waals surface area contributed by atoms with Gasteiger partial charge >= 0.3 is 0 Å². The Labute approximate surface area is 181 Å². The number of nitrogens with zero attached hydrogens (tertiary/aromatic N) is 3. The van der Waals surface area contributed by atoms with Crippen LogP contribution < -0.4 is 11.1 Å². The monoisotopic (exact) mass is 411 g/mol. The maximum absolute atomic E-state index is 9.06. The van der Waals surface area contributed by atoms with Gasteiger partial charge < -0.3 is 16.2 Å². The van der Waals surface area contributed by atoms with Gasteiger partial charge in [-0.1, -0.05) is 54.6 Å². The van der Waals surface area contributed by atoms with E-state index in [1.807, 2.05) is 18.2 Å². The number of benzene rings is 2. The lowest BCUT2D eigenvalue weighted by atomic mass is 9.72. The van der Waals surface area contributed by atoms with E-state index in [0.717, 1.165) is 40.6 Å². The van der Waals surface area contributed by atoms with Gasteiger partial charge in [0.05, 0.1) is 12.3 Å². The fraction of sp³-hybridized carbons (Fsp3) is 0.240. The van der Waals surface area contributed by atoms with Gasteiger partial charge in [-0.25, -0.2) is 9.97 Å². The molecular formula is C25H25N5O. The van der Waals surface area contributed by atoms with Crippen LogP contribution >= 0.6 is 0 Å². The van der Waals surface area contributed by atoms with Gasteiger partial charge in [-0.05, 0) is 36.5 Å². The molecule has 1 saturated carbocycles. The van der Waals surface area contributed by atoms with E-state index in [1.165, 1.54) is 12.0 Å². The molecule has 31 heavy (non-hydrogen) atoms. The summed E-state index contributed by atoms with van der Waals surface area (Å²) in [6.45, 7) is 0.408. The van der Waals surface area contributed by atoms with E-state index in [2.05, 4.69) is 57.7 Å². The van der Waals surface area contributed by atoms with Crippen molar-refractivity contribution in [3.63, 3.8) is 0 Å². The number of nitrogens with two attached hydrogens (primary N) is 1. The third kappa shape index (κ3) is 3.76. The van der Waals surface area contributed by atoms with Crippen LogP contribution in [0.3, 0.4) is 0 Å². The summed E-state index contributed by atoms with van der Waals surface area (Å²) in [4.78, 5) is 13.8. The van der Waals surface area contributed by atoms with Crippen LogP contribution in [0.1, 0.15) is 24.8 Å². The molecule has 4 aromatic rings. The third-order valence-corrected chi connectivity index (χ3v) is 6.03. The smallest absolute Gasteiger partial charge is 0.224 e. The van der Waals surface area contributed by atoms with Crippen molar-refractivity contribution in [1.29, 1.82) is 0 Å². The summed E-state index contributed by atoms with van der Waals surface area (Å²) in [5.74, 6) is 0.456. The number of pyridine rings is 1. The zero-order valence-electron chi connectivity index (χ0n) is 17.3. The van der Waals surface area contributed by atoms with Gasteiger partial charge in [0.25, 0.3) is 0 Å². The third-order valence-electron chi connectivity index (χ3n) is 6.03. The molecule has 0 saturated heterocycles. The van der Waals surface area contributed by atoms with Gasteiger partial charge in [-0.3, -0.25) is 0 Å². The number of rotatable bonds is 6. The highest BCUT2D eigenvalue weighted by molar-refractivity contribution is 5.90. The number of anilines is 1. The molecular weight excluding hydrogens is 386 g/mol. The minimum absolute atomic E-state index is 0.0159. The molecule has 0 amide bonds. The van der Waals surface area contributed by atoms with E-state index < -0.39 is 0 Å². The van der Waals surface area contributed by atoms with Gasteiger partial charge in [0.15, 0.2) is 5.65 Å². The first-order chi connectivity index (χ1) is 15.2. The Bertz CT molecular complexity index is 1200. The Morgan fingerprint density at radius 3 is 2.42 bits per heavy atom. The Morgan fingerprint density at radius 1 is 0.968 bits per heavy atom. The van der Waals surface area contributed by atoms with E-state index in [1.54, 1.807) is 6.20 Å². The molecule has 0 unspecified atom stereocenters. The topological polar surface area (TPSA) is 97.0 Å². The maximum atomic E-state index is 9.06. The molecule has 0 aliphatic heterocycles. The van der Waals surface area contributed by atoms with Crippen molar-refractivity contribution in [2.75, 3.05) is 18.5 Å². The molecule has 1 fully saturated rings. The van der Waals surface area contributed by atoms with Crippen molar-refractivity contribution in [3.05, 3.63) is 72.4 Å². The lowest BCUT2D eigenvalue weighted by molar-refractivity contribution is 0.253. The average Bonchev–Trinajstić information content (AvgIpc) is 2.81. The molecule has 0 atom stereocenters. The number of hydrogen-bond donors (Lipinski definition) is 3. The van der Waals surface area contributed by atoms with Crippen molar-refractivity contribution in [2.24, 2.45) is 5.73 Å². The van der Waals surface area contributed by atoms with Crippen molar-refractivity contribution in [1.82, 2.24) is 15.0 Å². The minimum atomic E-state index is -0.182. The second-order valence-corrected chi connectivity index (χ2v) is 8.09. The molecule has 1 aliphatic carbocycles. The SMILES string of the molecule is NC1(c2ccc(-c3nc4nc(NCCO)ncc4cc3-c3ccccc3)cc2)CCC1. The average molecular weight is 412 g/mol. The molecule has 0 radical (unpaired) electrons. The van der Waals surface area contributed by atoms with Crippen LogP contribution in [-0.2, 0) is 5.54 Å². The van der Waals surface area contributed by atoms with Crippen molar-refractivity contribution in [3.8, 4) is 22.4 Å². The fourth-order valence-electron chi connectivity index (χ4n) is 4.08. The quantitative estimate of drug-likeness (QED) is 0.442. The van der Waals surface area contributed by atoms with E-state index in [9.17, 15) is 0 Å². The Morgan fingerprint density at radius 2 is 1.74 bits per heavy atom. The minimum Gasteiger partial charge on any atom is -0.395 e. The van der Waals surface area contributed by atoms with E-state index in [4.69, 9.17) is 15.8 Å². The second-order valence-electron chi connectivity index (χ2n) is 8.09. The molecule has 0 bridgehead atoms. The molecule has 1 aliphatic rings. The van der Waals surface area contributed by atoms with Gasteiger partial charge in [0, 0.05) is 34.8 Å². The van der Waals surface area contributed by atoms with Gasteiger partial charge in [-0.15, -0.1) is 0 Å². The van der Waals surface area contributed by atoms with Gasteiger partial charge in [0.2, 0.25) is 5.95 Å². The number of hydrogen-bond acceptors (Lipinski definition) is 6. The number of aliphatic hydroxyl groups excluding tert-OH is 1. The Kier molecular flexibility index (Phi) is 5.10. The molecule has 2 aromatic carbocycles. The first kappa shape index (κ1) is 19.6. The van der Waals surface area contributed by atoms with E-state index >= 15 is 0 Å². The van der Waals surface area contributed by atoms with Crippen molar-refractivity contribution >= 4 is 17.0 Å². The van der Waals surface area contributed by atoms with Crippen LogP contribution in [0.25, 0.3) is 33.4 Å². The summed E-state index contributed by atoms with van der Waals surface area (Å²) in [5.41, 5.74) is 12.1. The van der Waals surface area contributed by atoms with Crippen LogP contribution in [0.4, 0.5) is 5.95 Å². The van der Waals surface area contributed by atoms with E-state index in [-0.39, 0.29) is 12.1 Å². The molecule has 0 spiro atoms.